The van der Waals surface area contributed by atoms with Gasteiger partial charge in [0.2, 0.25) is 0 Å². The van der Waals surface area contributed by atoms with Gasteiger partial charge in [0.1, 0.15) is 5.78 Å². The van der Waals surface area contributed by atoms with Crippen LogP contribution in [-0.2, 0) is 16.0 Å². The molecular formula is C18H22O2S. The number of Topliss-reactive ketones (excluding diaryl/α,β-unsaturated/α-hetero) is 1. The van der Waals surface area contributed by atoms with E-state index < -0.39 is 0 Å². The molecule has 2 fully saturated rings. The lowest BCUT2D eigenvalue weighted by Gasteiger charge is -2.38. The van der Waals surface area contributed by atoms with Crippen molar-refractivity contribution >= 4 is 17.5 Å². The lowest BCUT2D eigenvalue weighted by atomic mass is 9.78. The van der Waals surface area contributed by atoms with Crippen LogP contribution in [0.25, 0.3) is 0 Å². The van der Waals surface area contributed by atoms with Crippen molar-refractivity contribution in [1.82, 2.24) is 0 Å². The van der Waals surface area contributed by atoms with Crippen molar-refractivity contribution in [3.63, 3.8) is 0 Å². The first-order chi connectivity index (χ1) is 10.3. The molecule has 2 heterocycles. The van der Waals surface area contributed by atoms with E-state index >= 15 is 0 Å². The van der Waals surface area contributed by atoms with Gasteiger partial charge in [-0.1, -0.05) is 24.3 Å². The SMILES string of the molecule is O=C(C1CCOC2(CCSC2)C1)C1CCc2ccccc21. The van der Waals surface area contributed by atoms with Gasteiger partial charge >= 0.3 is 0 Å². The van der Waals surface area contributed by atoms with Gasteiger partial charge in [-0.3, -0.25) is 4.79 Å². The minimum absolute atomic E-state index is 0.0152. The molecule has 3 aliphatic rings. The largest absolute Gasteiger partial charge is 0.374 e. The van der Waals surface area contributed by atoms with Gasteiger partial charge in [0.05, 0.1) is 5.60 Å². The Labute approximate surface area is 130 Å². The highest BCUT2D eigenvalue weighted by molar-refractivity contribution is 7.99. The zero-order chi connectivity index (χ0) is 14.3. The summed E-state index contributed by atoms with van der Waals surface area (Å²) in [6.45, 7) is 0.769. The molecule has 3 heteroatoms. The molecule has 2 saturated heterocycles. The van der Waals surface area contributed by atoms with E-state index in [1.807, 2.05) is 11.8 Å². The second-order valence-electron chi connectivity index (χ2n) is 6.72. The molecule has 0 aromatic heterocycles. The molecule has 2 nitrogen and oxygen atoms in total. The van der Waals surface area contributed by atoms with Crippen LogP contribution in [0.4, 0.5) is 0 Å². The minimum Gasteiger partial charge on any atom is -0.374 e. The molecule has 1 aromatic rings. The van der Waals surface area contributed by atoms with Crippen LogP contribution in [-0.4, -0.2) is 29.5 Å². The van der Waals surface area contributed by atoms with Crippen LogP contribution < -0.4 is 0 Å². The predicted molar refractivity (Wildman–Crippen MR) is 85.9 cm³/mol. The molecular weight excluding hydrogens is 280 g/mol. The first-order valence-electron chi connectivity index (χ1n) is 8.11. The van der Waals surface area contributed by atoms with Gasteiger partial charge in [0.15, 0.2) is 0 Å². The molecule has 112 valence electrons. The number of fused-ring (bicyclic) bond motifs is 1. The Morgan fingerprint density at radius 3 is 3.05 bits per heavy atom. The second-order valence-corrected chi connectivity index (χ2v) is 7.82. The smallest absolute Gasteiger partial charge is 0.143 e. The van der Waals surface area contributed by atoms with Crippen molar-refractivity contribution in [3.05, 3.63) is 35.4 Å². The Morgan fingerprint density at radius 1 is 1.29 bits per heavy atom. The molecule has 1 aromatic carbocycles. The monoisotopic (exact) mass is 302 g/mol. The fourth-order valence-electron chi connectivity index (χ4n) is 4.27. The Bertz CT molecular complexity index is 548. The molecule has 21 heavy (non-hydrogen) atoms. The summed E-state index contributed by atoms with van der Waals surface area (Å²) in [6, 6.07) is 8.50. The van der Waals surface area contributed by atoms with Gasteiger partial charge in [-0.15, -0.1) is 0 Å². The highest BCUT2D eigenvalue weighted by Crippen LogP contribution is 2.43. The number of carbonyl (C=O) groups excluding carboxylic acids is 1. The van der Waals surface area contributed by atoms with Gasteiger partial charge in [0, 0.05) is 24.2 Å². The molecule has 1 aliphatic carbocycles. The number of rotatable bonds is 2. The van der Waals surface area contributed by atoms with Crippen molar-refractivity contribution in [2.45, 2.75) is 43.6 Å². The Kier molecular flexibility index (Phi) is 3.58. The van der Waals surface area contributed by atoms with Gasteiger partial charge in [0.25, 0.3) is 0 Å². The summed E-state index contributed by atoms with van der Waals surface area (Å²) in [7, 11) is 0. The third kappa shape index (κ3) is 2.44. The lowest BCUT2D eigenvalue weighted by molar-refractivity contribution is -0.135. The van der Waals surface area contributed by atoms with Crippen LogP contribution in [0.2, 0.25) is 0 Å². The molecule has 0 N–H and O–H groups in total. The maximum atomic E-state index is 13.0. The highest BCUT2D eigenvalue weighted by Gasteiger charge is 2.44. The molecule has 0 bridgehead atoms. The van der Waals surface area contributed by atoms with Crippen LogP contribution in [0.3, 0.4) is 0 Å². The van der Waals surface area contributed by atoms with Crippen molar-refractivity contribution < 1.29 is 9.53 Å². The van der Waals surface area contributed by atoms with Crippen molar-refractivity contribution in [3.8, 4) is 0 Å². The standard InChI is InChI=1S/C18H22O2S/c19-17(16-6-5-13-3-1-2-4-15(13)16)14-7-9-20-18(11-14)8-10-21-12-18/h1-4,14,16H,5-12H2. The fourth-order valence-corrected chi connectivity index (χ4v) is 5.65. The zero-order valence-corrected chi connectivity index (χ0v) is 13.2. The second kappa shape index (κ2) is 5.44. The van der Waals surface area contributed by atoms with E-state index in [0.29, 0.717) is 5.78 Å². The molecule has 3 unspecified atom stereocenters. The molecule has 4 rings (SSSR count). The first kappa shape index (κ1) is 13.8. The summed E-state index contributed by atoms with van der Waals surface area (Å²) in [5, 5.41) is 0. The topological polar surface area (TPSA) is 26.3 Å². The van der Waals surface area contributed by atoms with E-state index in [1.165, 1.54) is 16.9 Å². The van der Waals surface area contributed by atoms with E-state index in [9.17, 15) is 4.79 Å². The number of carbonyl (C=O) groups is 1. The quantitative estimate of drug-likeness (QED) is 0.835. The minimum atomic E-state index is 0.0152. The molecule has 2 aliphatic heterocycles. The van der Waals surface area contributed by atoms with Crippen LogP contribution in [0.15, 0.2) is 24.3 Å². The molecule has 0 amide bonds. The third-order valence-electron chi connectivity index (χ3n) is 5.44. The number of aryl methyl sites for hydroxylation is 1. The van der Waals surface area contributed by atoms with Crippen LogP contribution in [0.1, 0.15) is 42.7 Å². The number of benzene rings is 1. The number of hydrogen-bond donors (Lipinski definition) is 0. The average Bonchev–Trinajstić information content (AvgIpc) is 3.14. The van der Waals surface area contributed by atoms with E-state index in [-0.39, 0.29) is 17.4 Å². The summed E-state index contributed by atoms with van der Waals surface area (Å²) in [5.41, 5.74) is 2.69. The van der Waals surface area contributed by atoms with Crippen LogP contribution in [0.5, 0.6) is 0 Å². The summed E-state index contributed by atoms with van der Waals surface area (Å²) >= 11 is 1.98. The summed E-state index contributed by atoms with van der Waals surface area (Å²) < 4.78 is 6.07. The van der Waals surface area contributed by atoms with E-state index in [4.69, 9.17) is 4.74 Å². The maximum absolute atomic E-state index is 13.0. The van der Waals surface area contributed by atoms with Crippen LogP contribution >= 0.6 is 11.8 Å². The normalized spacial score (nSPS) is 35.0. The van der Waals surface area contributed by atoms with Gasteiger partial charge in [-0.2, -0.15) is 11.8 Å². The number of thioether (sulfide) groups is 1. The number of ether oxygens (including phenoxy) is 1. The highest BCUT2D eigenvalue weighted by atomic mass is 32.2. The first-order valence-corrected chi connectivity index (χ1v) is 9.26. The molecule has 0 radical (unpaired) electrons. The van der Waals surface area contributed by atoms with Crippen molar-refractivity contribution in [2.75, 3.05) is 18.1 Å². The van der Waals surface area contributed by atoms with E-state index in [1.54, 1.807) is 0 Å². The van der Waals surface area contributed by atoms with E-state index in [2.05, 4.69) is 24.3 Å². The Balaban J connectivity index is 1.53. The van der Waals surface area contributed by atoms with Crippen molar-refractivity contribution in [2.24, 2.45) is 5.92 Å². The number of ketones is 1. The van der Waals surface area contributed by atoms with Crippen molar-refractivity contribution in [1.29, 1.82) is 0 Å². The molecule has 1 spiro atoms. The Hall–Kier alpha value is -0.800. The average molecular weight is 302 g/mol. The van der Waals surface area contributed by atoms with Gasteiger partial charge < -0.3 is 4.74 Å². The number of hydrogen-bond acceptors (Lipinski definition) is 3. The maximum Gasteiger partial charge on any atom is 0.143 e. The Morgan fingerprint density at radius 2 is 2.19 bits per heavy atom. The molecule has 0 saturated carbocycles. The summed E-state index contributed by atoms with van der Waals surface area (Å²) in [6.07, 6.45) is 5.08. The van der Waals surface area contributed by atoms with Gasteiger partial charge in [-0.25, -0.2) is 0 Å². The van der Waals surface area contributed by atoms with Gasteiger partial charge in [-0.05, 0) is 49.0 Å². The predicted octanol–water partition coefficient (Wildman–Crippen LogP) is 3.59. The lowest BCUT2D eigenvalue weighted by Crippen LogP contribution is -2.42. The summed E-state index contributed by atoms with van der Waals surface area (Å²) in [5.74, 6) is 3.12. The fraction of sp³-hybridized carbons (Fsp3) is 0.611. The zero-order valence-electron chi connectivity index (χ0n) is 12.3. The van der Waals surface area contributed by atoms with Crippen LogP contribution in [0, 0.1) is 5.92 Å². The summed E-state index contributed by atoms with van der Waals surface area (Å²) in [4.78, 5) is 13.0. The van der Waals surface area contributed by atoms with E-state index in [0.717, 1.165) is 44.5 Å². The third-order valence-corrected chi connectivity index (χ3v) is 6.66. The molecule has 3 atom stereocenters.